The summed E-state index contributed by atoms with van der Waals surface area (Å²) in [5.74, 6) is 0.196. The molecule has 0 aliphatic carbocycles. The molecule has 2 heterocycles. The lowest BCUT2D eigenvalue weighted by Crippen LogP contribution is -2.08. The van der Waals surface area contributed by atoms with Gasteiger partial charge in [0.05, 0.1) is 38.7 Å². The molecule has 5 nitrogen and oxygen atoms in total. The average molecular weight is 391 g/mol. The molecule has 0 amide bonds. The normalized spacial score (nSPS) is 11.2. The van der Waals surface area contributed by atoms with Crippen molar-refractivity contribution in [1.29, 1.82) is 0 Å². The van der Waals surface area contributed by atoms with Crippen LogP contribution in [0.1, 0.15) is 29.8 Å². The summed E-state index contributed by atoms with van der Waals surface area (Å²) in [5.41, 5.74) is 5.98. The van der Waals surface area contributed by atoms with Gasteiger partial charge in [0.1, 0.15) is 6.61 Å². The Morgan fingerprint density at radius 1 is 1.11 bits per heavy atom. The molecule has 2 aromatic carbocycles. The van der Waals surface area contributed by atoms with E-state index in [1.54, 1.807) is 17.4 Å². The predicted octanol–water partition coefficient (Wildman–Crippen LogP) is 5.27. The van der Waals surface area contributed by atoms with Gasteiger partial charge in [-0.1, -0.05) is 19.9 Å². The number of pyridine rings is 1. The third-order valence-corrected chi connectivity index (χ3v) is 5.21. The van der Waals surface area contributed by atoms with Crippen molar-refractivity contribution < 1.29 is 9.53 Å². The van der Waals surface area contributed by atoms with Gasteiger partial charge >= 0.3 is 5.97 Å². The van der Waals surface area contributed by atoms with Gasteiger partial charge in [-0.15, -0.1) is 11.3 Å². The zero-order valence-corrected chi connectivity index (χ0v) is 16.6. The van der Waals surface area contributed by atoms with E-state index < -0.39 is 0 Å². The number of anilines is 1. The highest BCUT2D eigenvalue weighted by molar-refractivity contribution is 7.16. The third-order valence-electron chi connectivity index (χ3n) is 4.40. The van der Waals surface area contributed by atoms with E-state index in [-0.39, 0.29) is 12.6 Å². The number of thiazole rings is 1. The van der Waals surface area contributed by atoms with Crippen molar-refractivity contribution in [2.75, 3.05) is 11.9 Å². The van der Waals surface area contributed by atoms with Crippen molar-refractivity contribution in [1.82, 2.24) is 9.97 Å². The van der Waals surface area contributed by atoms with E-state index >= 15 is 0 Å². The number of carbonyl (C=O) groups is 1. The Bertz CT molecular complexity index is 1140. The molecule has 4 aromatic rings. The molecule has 0 radical (unpaired) electrons. The zero-order valence-electron chi connectivity index (χ0n) is 15.8. The average Bonchev–Trinajstić information content (AvgIpc) is 3.17. The molecule has 4 rings (SSSR count). The maximum atomic E-state index is 12.5. The number of rotatable bonds is 6. The van der Waals surface area contributed by atoms with Crippen LogP contribution in [0, 0.1) is 5.92 Å². The molecule has 2 aromatic heterocycles. The minimum atomic E-state index is -0.346. The summed E-state index contributed by atoms with van der Waals surface area (Å²) >= 11 is 1.59. The molecular formula is C22H21N3O2S. The molecule has 6 heteroatoms. The number of nitrogens with one attached hydrogen (secondary N) is 1. The van der Waals surface area contributed by atoms with Gasteiger partial charge in [-0.25, -0.2) is 9.78 Å². The van der Waals surface area contributed by atoms with Crippen LogP contribution < -0.4 is 5.32 Å². The van der Waals surface area contributed by atoms with Crippen molar-refractivity contribution in [3.05, 3.63) is 65.3 Å². The molecule has 1 N–H and O–H groups in total. The van der Waals surface area contributed by atoms with Crippen LogP contribution in [0.15, 0.2) is 54.2 Å². The lowest BCUT2D eigenvalue weighted by atomic mass is 10.1. The molecule has 142 valence electrons. The summed E-state index contributed by atoms with van der Waals surface area (Å²) in [4.78, 5) is 21.3. The Morgan fingerprint density at radius 3 is 2.86 bits per heavy atom. The SMILES string of the molecule is CC(C)CNc1cnc2ccc(C(=O)OCc3ccc4scnc4c3)cc2c1. The van der Waals surface area contributed by atoms with Crippen molar-refractivity contribution >= 4 is 44.1 Å². The van der Waals surface area contributed by atoms with Gasteiger partial charge in [0.2, 0.25) is 0 Å². The van der Waals surface area contributed by atoms with Crippen LogP contribution in [0.3, 0.4) is 0 Å². The van der Waals surface area contributed by atoms with E-state index in [0.29, 0.717) is 11.5 Å². The van der Waals surface area contributed by atoms with Crippen LogP contribution >= 0.6 is 11.3 Å². The number of nitrogens with zero attached hydrogens (tertiary/aromatic N) is 2. The summed E-state index contributed by atoms with van der Waals surface area (Å²) in [5, 5.41) is 4.27. The fraction of sp³-hybridized carbons (Fsp3) is 0.227. The predicted molar refractivity (Wildman–Crippen MR) is 114 cm³/mol. The lowest BCUT2D eigenvalue weighted by Gasteiger charge is -2.10. The van der Waals surface area contributed by atoms with E-state index in [2.05, 4.69) is 29.1 Å². The van der Waals surface area contributed by atoms with Crippen molar-refractivity contribution in [3.63, 3.8) is 0 Å². The maximum absolute atomic E-state index is 12.5. The standard InChI is InChI=1S/C22H21N3O2S/c1-14(2)10-23-18-9-17-8-16(4-5-19(17)24-11-18)22(26)27-12-15-3-6-21-20(7-15)25-13-28-21/h3-9,11,13-14,23H,10,12H2,1-2H3. The number of esters is 1. The topological polar surface area (TPSA) is 64.1 Å². The molecule has 0 unspecified atom stereocenters. The Morgan fingerprint density at radius 2 is 2.00 bits per heavy atom. The summed E-state index contributed by atoms with van der Waals surface area (Å²) < 4.78 is 6.62. The van der Waals surface area contributed by atoms with E-state index in [0.717, 1.165) is 38.9 Å². The molecular weight excluding hydrogens is 370 g/mol. The second kappa shape index (κ2) is 7.94. The van der Waals surface area contributed by atoms with Crippen LogP contribution in [-0.4, -0.2) is 22.5 Å². The number of ether oxygens (including phenoxy) is 1. The Balaban J connectivity index is 1.48. The highest BCUT2D eigenvalue weighted by Crippen LogP contribution is 2.21. The minimum absolute atomic E-state index is 0.221. The van der Waals surface area contributed by atoms with E-state index in [9.17, 15) is 4.79 Å². The first-order chi connectivity index (χ1) is 13.6. The van der Waals surface area contributed by atoms with Gasteiger partial charge in [-0.3, -0.25) is 4.98 Å². The Hall–Kier alpha value is -2.99. The van der Waals surface area contributed by atoms with Crippen molar-refractivity contribution in [3.8, 4) is 0 Å². The molecule has 0 spiro atoms. The molecule has 0 bridgehead atoms. The zero-order chi connectivity index (χ0) is 19.5. The summed E-state index contributed by atoms with van der Waals surface area (Å²) in [6.45, 7) is 5.40. The maximum Gasteiger partial charge on any atom is 0.338 e. The second-order valence-electron chi connectivity index (χ2n) is 7.14. The Kier molecular flexibility index (Phi) is 5.21. The second-order valence-corrected chi connectivity index (χ2v) is 8.02. The summed E-state index contributed by atoms with van der Waals surface area (Å²) in [6.07, 6.45) is 1.82. The lowest BCUT2D eigenvalue weighted by molar-refractivity contribution is 0.0473. The molecule has 0 saturated carbocycles. The molecule has 0 saturated heterocycles. The number of aromatic nitrogens is 2. The van der Waals surface area contributed by atoms with Crippen LogP contribution in [0.5, 0.6) is 0 Å². The van der Waals surface area contributed by atoms with Crippen molar-refractivity contribution in [2.24, 2.45) is 5.92 Å². The first-order valence-corrected chi connectivity index (χ1v) is 10.1. The van der Waals surface area contributed by atoms with Crippen LogP contribution in [-0.2, 0) is 11.3 Å². The van der Waals surface area contributed by atoms with E-state index in [1.165, 1.54) is 0 Å². The fourth-order valence-corrected chi connectivity index (χ4v) is 3.56. The number of fused-ring (bicyclic) bond motifs is 2. The van der Waals surface area contributed by atoms with Gasteiger partial charge < -0.3 is 10.1 Å². The first kappa shape index (κ1) is 18.4. The largest absolute Gasteiger partial charge is 0.457 e. The minimum Gasteiger partial charge on any atom is -0.457 e. The van der Waals surface area contributed by atoms with E-state index in [1.807, 2.05) is 48.1 Å². The number of carbonyl (C=O) groups excluding carboxylic acids is 1. The number of benzene rings is 2. The van der Waals surface area contributed by atoms with Crippen LogP contribution in [0.2, 0.25) is 0 Å². The molecule has 0 atom stereocenters. The fourth-order valence-electron chi connectivity index (χ4n) is 2.90. The molecule has 0 aliphatic heterocycles. The van der Waals surface area contributed by atoms with Gasteiger partial charge in [0.15, 0.2) is 0 Å². The van der Waals surface area contributed by atoms with Gasteiger partial charge in [0, 0.05) is 11.9 Å². The van der Waals surface area contributed by atoms with E-state index in [4.69, 9.17) is 4.74 Å². The highest BCUT2D eigenvalue weighted by Gasteiger charge is 2.10. The number of hydrogen-bond donors (Lipinski definition) is 1. The van der Waals surface area contributed by atoms with Gasteiger partial charge in [0.25, 0.3) is 0 Å². The Labute approximate surface area is 167 Å². The molecule has 28 heavy (non-hydrogen) atoms. The monoisotopic (exact) mass is 391 g/mol. The smallest absolute Gasteiger partial charge is 0.338 e. The van der Waals surface area contributed by atoms with Gasteiger partial charge in [-0.05, 0) is 47.9 Å². The third kappa shape index (κ3) is 4.12. The first-order valence-electron chi connectivity index (χ1n) is 9.21. The number of hydrogen-bond acceptors (Lipinski definition) is 6. The summed E-state index contributed by atoms with van der Waals surface area (Å²) in [7, 11) is 0. The highest BCUT2D eigenvalue weighted by atomic mass is 32.1. The van der Waals surface area contributed by atoms with Crippen LogP contribution in [0.4, 0.5) is 5.69 Å². The molecule has 0 aliphatic rings. The van der Waals surface area contributed by atoms with Gasteiger partial charge in [-0.2, -0.15) is 0 Å². The van der Waals surface area contributed by atoms with Crippen LogP contribution in [0.25, 0.3) is 21.1 Å². The quantitative estimate of drug-likeness (QED) is 0.454. The summed E-state index contributed by atoms with van der Waals surface area (Å²) in [6, 6.07) is 13.4. The molecule has 0 fully saturated rings. The van der Waals surface area contributed by atoms with Crippen molar-refractivity contribution in [2.45, 2.75) is 20.5 Å².